The van der Waals surface area contributed by atoms with Crippen LogP contribution < -0.4 is 0 Å². The Morgan fingerprint density at radius 3 is 1.46 bits per heavy atom. The zero-order valence-corrected chi connectivity index (χ0v) is 16.9. The number of carbonyl (C=O) groups is 2. The highest BCUT2D eigenvalue weighted by Crippen LogP contribution is 2.05. The lowest BCUT2D eigenvalue weighted by Gasteiger charge is -2.00. The molecule has 0 aromatic rings. The Hall–Kier alpha value is -1.06. The second kappa shape index (κ2) is 26.8. The van der Waals surface area contributed by atoms with Crippen molar-refractivity contribution in [1.82, 2.24) is 0 Å². The van der Waals surface area contributed by atoms with Crippen LogP contribution in [0.4, 0.5) is 0 Å². The summed E-state index contributed by atoms with van der Waals surface area (Å²) >= 11 is 0. The van der Waals surface area contributed by atoms with Gasteiger partial charge in [0, 0.05) is 12.8 Å². The standard InChI is InChI=1S/C10H20O2.C6H14.C4H8O2/c1-3-5-6-7-8-9-10(11)12-4-2;1-3-5-6-4-2;1-2-3-4(5)6/h3-9H2,1-2H3;3-6H2,1-2H3;2-3H2,1H3,(H,5,6). The van der Waals surface area contributed by atoms with Gasteiger partial charge in [0.15, 0.2) is 0 Å². The molecule has 0 saturated carbocycles. The lowest BCUT2D eigenvalue weighted by Crippen LogP contribution is -2.02. The molecular formula is C20H42O4. The van der Waals surface area contributed by atoms with Crippen molar-refractivity contribution in [3.8, 4) is 0 Å². The summed E-state index contributed by atoms with van der Waals surface area (Å²) in [6.45, 7) is 10.8. The van der Waals surface area contributed by atoms with Crippen LogP contribution in [0.2, 0.25) is 0 Å². The number of rotatable bonds is 12. The minimum absolute atomic E-state index is 0.0472. The molecule has 4 heteroatoms. The second-order valence-electron chi connectivity index (χ2n) is 5.82. The van der Waals surface area contributed by atoms with Gasteiger partial charge in [0.1, 0.15) is 0 Å². The summed E-state index contributed by atoms with van der Waals surface area (Å²) in [5.74, 6) is -0.758. The van der Waals surface area contributed by atoms with E-state index in [4.69, 9.17) is 9.84 Å². The molecule has 0 saturated heterocycles. The van der Waals surface area contributed by atoms with Crippen molar-refractivity contribution in [2.24, 2.45) is 0 Å². The number of unbranched alkanes of at least 4 members (excludes halogenated alkanes) is 7. The smallest absolute Gasteiger partial charge is 0.305 e. The molecule has 0 aliphatic heterocycles. The van der Waals surface area contributed by atoms with E-state index >= 15 is 0 Å². The summed E-state index contributed by atoms with van der Waals surface area (Å²) in [5, 5.41) is 7.91. The summed E-state index contributed by atoms with van der Waals surface area (Å²) in [7, 11) is 0. The Labute approximate surface area is 150 Å². The first kappa shape index (κ1) is 27.8. The molecule has 146 valence electrons. The molecule has 0 fully saturated rings. The van der Waals surface area contributed by atoms with Crippen LogP contribution in [0.25, 0.3) is 0 Å². The van der Waals surface area contributed by atoms with Gasteiger partial charge in [-0.15, -0.1) is 0 Å². The van der Waals surface area contributed by atoms with Gasteiger partial charge < -0.3 is 9.84 Å². The van der Waals surface area contributed by atoms with Crippen LogP contribution in [-0.2, 0) is 14.3 Å². The first-order chi connectivity index (χ1) is 11.5. The molecule has 0 atom stereocenters. The summed E-state index contributed by atoms with van der Waals surface area (Å²) in [6.07, 6.45) is 13.1. The Balaban J connectivity index is -0.000000309. The average Bonchev–Trinajstić information content (AvgIpc) is 2.54. The van der Waals surface area contributed by atoms with Gasteiger partial charge >= 0.3 is 11.9 Å². The van der Waals surface area contributed by atoms with Crippen molar-refractivity contribution in [3.63, 3.8) is 0 Å². The van der Waals surface area contributed by atoms with E-state index in [9.17, 15) is 9.59 Å². The Bertz CT molecular complexity index is 248. The maximum absolute atomic E-state index is 10.9. The van der Waals surface area contributed by atoms with Gasteiger partial charge in [0.05, 0.1) is 6.61 Å². The lowest BCUT2D eigenvalue weighted by atomic mass is 10.1. The number of hydrogen-bond acceptors (Lipinski definition) is 3. The van der Waals surface area contributed by atoms with Crippen LogP contribution in [0.15, 0.2) is 0 Å². The fraction of sp³-hybridized carbons (Fsp3) is 0.900. The first-order valence-electron chi connectivity index (χ1n) is 9.87. The number of carbonyl (C=O) groups excluding carboxylic acids is 1. The molecular weight excluding hydrogens is 304 g/mol. The SMILES string of the molecule is CCCC(=O)O.CCCCCC.CCCCCCCC(=O)OCC. The van der Waals surface area contributed by atoms with E-state index in [-0.39, 0.29) is 5.97 Å². The highest BCUT2D eigenvalue weighted by molar-refractivity contribution is 5.69. The van der Waals surface area contributed by atoms with Crippen LogP contribution in [0.5, 0.6) is 0 Å². The van der Waals surface area contributed by atoms with E-state index < -0.39 is 5.97 Å². The predicted molar refractivity (Wildman–Crippen MR) is 102 cm³/mol. The van der Waals surface area contributed by atoms with Crippen LogP contribution in [0.1, 0.15) is 112 Å². The number of aliphatic carboxylic acids is 1. The van der Waals surface area contributed by atoms with Gasteiger partial charge in [0.2, 0.25) is 0 Å². The normalized spacial score (nSPS) is 9.21. The molecule has 0 aliphatic carbocycles. The van der Waals surface area contributed by atoms with E-state index in [0.29, 0.717) is 19.4 Å². The molecule has 4 nitrogen and oxygen atoms in total. The van der Waals surface area contributed by atoms with Crippen molar-refractivity contribution in [3.05, 3.63) is 0 Å². The summed E-state index contributed by atoms with van der Waals surface area (Å²) in [6, 6.07) is 0. The summed E-state index contributed by atoms with van der Waals surface area (Å²) in [4.78, 5) is 20.5. The van der Waals surface area contributed by atoms with Gasteiger partial charge in [-0.1, -0.05) is 79.1 Å². The first-order valence-corrected chi connectivity index (χ1v) is 9.87. The van der Waals surface area contributed by atoms with E-state index in [1.165, 1.54) is 44.9 Å². The third-order valence-electron chi connectivity index (χ3n) is 3.21. The zero-order chi connectivity index (χ0) is 19.1. The van der Waals surface area contributed by atoms with Crippen LogP contribution in [-0.4, -0.2) is 23.7 Å². The molecule has 0 rings (SSSR count). The Morgan fingerprint density at radius 2 is 1.12 bits per heavy atom. The number of esters is 1. The second-order valence-corrected chi connectivity index (χ2v) is 5.82. The van der Waals surface area contributed by atoms with Gasteiger partial charge in [-0.25, -0.2) is 0 Å². The number of carboxylic acid groups (broad SMARTS) is 1. The molecule has 0 aromatic carbocycles. The molecule has 0 radical (unpaired) electrons. The van der Waals surface area contributed by atoms with Crippen LogP contribution in [0, 0.1) is 0 Å². The monoisotopic (exact) mass is 346 g/mol. The molecule has 1 N–H and O–H groups in total. The van der Waals surface area contributed by atoms with Crippen LogP contribution in [0.3, 0.4) is 0 Å². The minimum atomic E-state index is -0.711. The van der Waals surface area contributed by atoms with Crippen molar-refractivity contribution < 1.29 is 19.4 Å². The van der Waals surface area contributed by atoms with Gasteiger partial charge in [-0.3, -0.25) is 9.59 Å². The lowest BCUT2D eigenvalue weighted by molar-refractivity contribution is -0.143. The number of carboxylic acids is 1. The molecule has 0 aromatic heterocycles. The maximum Gasteiger partial charge on any atom is 0.305 e. The van der Waals surface area contributed by atoms with E-state index in [1.807, 2.05) is 13.8 Å². The average molecular weight is 347 g/mol. The fourth-order valence-corrected chi connectivity index (χ4v) is 1.82. The third-order valence-corrected chi connectivity index (χ3v) is 3.21. The van der Waals surface area contributed by atoms with Crippen molar-refractivity contribution in [2.75, 3.05) is 6.61 Å². The zero-order valence-electron chi connectivity index (χ0n) is 16.9. The molecule has 0 heterocycles. The molecule has 0 bridgehead atoms. The minimum Gasteiger partial charge on any atom is -0.481 e. The van der Waals surface area contributed by atoms with Crippen molar-refractivity contribution >= 4 is 11.9 Å². The predicted octanol–water partition coefficient (Wildman–Crippen LogP) is 6.37. The quantitative estimate of drug-likeness (QED) is 0.329. The highest BCUT2D eigenvalue weighted by Gasteiger charge is 1.99. The number of hydrogen-bond donors (Lipinski definition) is 1. The molecule has 24 heavy (non-hydrogen) atoms. The summed E-state index contributed by atoms with van der Waals surface area (Å²) in [5.41, 5.74) is 0. The van der Waals surface area contributed by atoms with E-state index in [2.05, 4.69) is 20.8 Å². The van der Waals surface area contributed by atoms with Crippen molar-refractivity contribution in [1.29, 1.82) is 0 Å². The maximum atomic E-state index is 10.9. The molecule has 0 spiro atoms. The molecule has 0 unspecified atom stereocenters. The Kier molecular flexibility index (Phi) is 31.0. The van der Waals surface area contributed by atoms with Crippen molar-refractivity contribution in [2.45, 2.75) is 112 Å². The fourth-order valence-electron chi connectivity index (χ4n) is 1.82. The van der Waals surface area contributed by atoms with Crippen LogP contribution >= 0.6 is 0 Å². The topological polar surface area (TPSA) is 63.6 Å². The summed E-state index contributed by atoms with van der Waals surface area (Å²) < 4.78 is 4.81. The largest absolute Gasteiger partial charge is 0.481 e. The van der Waals surface area contributed by atoms with E-state index in [1.54, 1.807) is 0 Å². The van der Waals surface area contributed by atoms with Gasteiger partial charge in [0.25, 0.3) is 0 Å². The molecule has 0 aliphatic rings. The highest BCUT2D eigenvalue weighted by atomic mass is 16.5. The third kappa shape index (κ3) is 37.3. The van der Waals surface area contributed by atoms with Gasteiger partial charge in [-0.05, 0) is 19.8 Å². The molecule has 0 amide bonds. The van der Waals surface area contributed by atoms with Gasteiger partial charge in [-0.2, -0.15) is 0 Å². The number of ether oxygens (including phenoxy) is 1. The Morgan fingerprint density at radius 1 is 0.667 bits per heavy atom. The van der Waals surface area contributed by atoms with E-state index in [0.717, 1.165) is 19.3 Å².